The molecule has 0 saturated carbocycles. The van der Waals surface area contributed by atoms with Crippen molar-refractivity contribution in [2.45, 2.75) is 66.2 Å². The molecular formula is C29H31N. The van der Waals surface area contributed by atoms with E-state index in [1.165, 1.54) is 60.8 Å². The third kappa shape index (κ3) is 2.27. The topological polar surface area (TPSA) is 12.9 Å². The molecule has 0 atom stereocenters. The van der Waals surface area contributed by atoms with Gasteiger partial charge in [0.15, 0.2) is 0 Å². The summed E-state index contributed by atoms with van der Waals surface area (Å²) in [5.41, 5.74) is 11.9. The number of aryl methyl sites for hydroxylation is 4. The van der Waals surface area contributed by atoms with Crippen LogP contribution in [-0.4, -0.2) is 4.98 Å². The molecule has 1 heterocycles. The lowest BCUT2D eigenvalue weighted by Crippen LogP contribution is -2.45. The maximum absolute atomic E-state index is 5.27. The SMILES string of the molecule is Cc1cc2cc3c(c(C)c2cc1C)C(C)(C)C(C)(C)c1c-3nc2ccccc2c1C. The van der Waals surface area contributed by atoms with Gasteiger partial charge in [-0.25, -0.2) is 4.98 Å². The highest BCUT2D eigenvalue weighted by Crippen LogP contribution is 2.56. The molecule has 1 aliphatic carbocycles. The van der Waals surface area contributed by atoms with Crippen LogP contribution in [0, 0.1) is 27.7 Å². The largest absolute Gasteiger partial charge is 0.247 e. The fourth-order valence-corrected chi connectivity index (χ4v) is 5.80. The maximum Gasteiger partial charge on any atom is 0.0753 e. The third-order valence-corrected chi connectivity index (χ3v) is 8.23. The van der Waals surface area contributed by atoms with Gasteiger partial charge in [-0.05, 0) is 89.4 Å². The Labute approximate surface area is 180 Å². The first-order valence-electron chi connectivity index (χ1n) is 11.0. The van der Waals surface area contributed by atoms with E-state index in [0.717, 1.165) is 5.52 Å². The number of nitrogens with zero attached hydrogens (tertiary/aromatic N) is 1. The minimum Gasteiger partial charge on any atom is -0.247 e. The summed E-state index contributed by atoms with van der Waals surface area (Å²) in [4.78, 5) is 5.27. The Balaban J connectivity index is 2.02. The van der Waals surface area contributed by atoms with Crippen LogP contribution in [0.25, 0.3) is 32.9 Å². The lowest BCUT2D eigenvalue weighted by Gasteiger charge is -2.49. The van der Waals surface area contributed by atoms with E-state index in [0.29, 0.717) is 0 Å². The molecule has 0 bridgehead atoms. The molecule has 0 unspecified atom stereocenters. The highest BCUT2D eigenvalue weighted by atomic mass is 14.7. The van der Waals surface area contributed by atoms with Gasteiger partial charge in [-0.15, -0.1) is 0 Å². The molecule has 0 N–H and O–H groups in total. The first-order valence-corrected chi connectivity index (χ1v) is 11.0. The Morgan fingerprint density at radius 1 is 0.667 bits per heavy atom. The summed E-state index contributed by atoms with van der Waals surface area (Å²) in [6, 6.07) is 15.7. The minimum atomic E-state index is -0.0331. The molecule has 30 heavy (non-hydrogen) atoms. The Bertz CT molecular complexity index is 1370. The van der Waals surface area contributed by atoms with Crippen molar-refractivity contribution in [1.82, 2.24) is 4.98 Å². The van der Waals surface area contributed by atoms with Crippen molar-refractivity contribution in [1.29, 1.82) is 0 Å². The molecule has 0 amide bonds. The molecular weight excluding hydrogens is 362 g/mol. The molecule has 0 radical (unpaired) electrons. The highest BCUT2D eigenvalue weighted by Gasteiger charge is 2.48. The Morgan fingerprint density at radius 3 is 2.00 bits per heavy atom. The second-order valence-corrected chi connectivity index (χ2v) is 10.3. The summed E-state index contributed by atoms with van der Waals surface area (Å²) in [5, 5.41) is 3.97. The number of fused-ring (bicyclic) bond motifs is 5. The van der Waals surface area contributed by atoms with Gasteiger partial charge >= 0.3 is 0 Å². The molecule has 1 nitrogen and oxygen atoms in total. The Morgan fingerprint density at radius 2 is 1.27 bits per heavy atom. The Kier molecular flexibility index (Phi) is 3.82. The number of hydrogen-bond acceptors (Lipinski definition) is 1. The van der Waals surface area contributed by atoms with Crippen molar-refractivity contribution in [3.8, 4) is 11.3 Å². The van der Waals surface area contributed by atoms with Gasteiger partial charge in [-0.1, -0.05) is 58.0 Å². The zero-order chi connectivity index (χ0) is 21.6. The second-order valence-electron chi connectivity index (χ2n) is 10.3. The van der Waals surface area contributed by atoms with Crippen LogP contribution in [0.4, 0.5) is 0 Å². The summed E-state index contributed by atoms with van der Waals surface area (Å²) in [7, 11) is 0. The lowest BCUT2D eigenvalue weighted by atomic mass is 9.54. The van der Waals surface area contributed by atoms with Gasteiger partial charge in [0.1, 0.15) is 0 Å². The van der Waals surface area contributed by atoms with Gasteiger partial charge in [0.25, 0.3) is 0 Å². The van der Waals surface area contributed by atoms with E-state index in [1.54, 1.807) is 0 Å². The molecule has 0 fully saturated rings. The van der Waals surface area contributed by atoms with Crippen LogP contribution in [0.2, 0.25) is 0 Å². The van der Waals surface area contributed by atoms with Gasteiger partial charge in [0.05, 0.1) is 11.2 Å². The van der Waals surface area contributed by atoms with E-state index in [-0.39, 0.29) is 10.8 Å². The molecule has 1 aliphatic rings. The third-order valence-electron chi connectivity index (χ3n) is 8.23. The molecule has 4 aromatic rings. The molecule has 5 rings (SSSR count). The first kappa shape index (κ1) is 19.3. The van der Waals surface area contributed by atoms with Crippen molar-refractivity contribution < 1.29 is 0 Å². The van der Waals surface area contributed by atoms with Gasteiger partial charge in [0.2, 0.25) is 0 Å². The number of rotatable bonds is 0. The average Bonchev–Trinajstić information content (AvgIpc) is 2.68. The zero-order valence-electron chi connectivity index (χ0n) is 19.5. The zero-order valence-corrected chi connectivity index (χ0v) is 19.5. The van der Waals surface area contributed by atoms with Crippen LogP contribution in [-0.2, 0) is 10.8 Å². The van der Waals surface area contributed by atoms with Crippen LogP contribution < -0.4 is 0 Å². The van der Waals surface area contributed by atoms with Crippen LogP contribution in [0.1, 0.15) is 61.1 Å². The van der Waals surface area contributed by atoms with Crippen molar-refractivity contribution in [2.24, 2.45) is 0 Å². The van der Waals surface area contributed by atoms with E-state index >= 15 is 0 Å². The summed E-state index contributed by atoms with van der Waals surface area (Å²) >= 11 is 0. The second kappa shape index (κ2) is 5.94. The maximum atomic E-state index is 5.27. The van der Waals surface area contributed by atoms with E-state index in [2.05, 4.69) is 97.9 Å². The first-order chi connectivity index (χ1) is 14.1. The highest BCUT2D eigenvalue weighted by molar-refractivity contribution is 5.97. The average molecular weight is 394 g/mol. The number of pyridine rings is 1. The fourth-order valence-electron chi connectivity index (χ4n) is 5.80. The molecule has 152 valence electrons. The van der Waals surface area contributed by atoms with Crippen molar-refractivity contribution >= 4 is 21.7 Å². The number of hydrogen-bond donors (Lipinski definition) is 0. The predicted molar refractivity (Wildman–Crippen MR) is 130 cm³/mol. The van der Waals surface area contributed by atoms with E-state index in [9.17, 15) is 0 Å². The minimum absolute atomic E-state index is 0.0126. The number of aromatic nitrogens is 1. The summed E-state index contributed by atoms with van der Waals surface area (Å²) in [5.74, 6) is 0. The van der Waals surface area contributed by atoms with Crippen LogP contribution >= 0.6 is 0 Å². The molecule has 0 saturated heterocycles. The summed E-state index contributed by atoms with van der Waals surface area (Å²) < 4.78 is 0. The summed E-state index contributed by atoms with van der Waals surface area (Å²) in [6.07, 6.45) is 0. The van der Waals surface area contributed by atoms with Gasteiger partial charge < -0.3 is 0 Å². The van der Waals surface area contributed by atoms with Crippen LogP contribution in [0.5, 0.6) is 0 Å². The van der Waals surface area contributed by atoms with Gasteiger partial charge in [-0.2, -0.15) is 0 Å². The number of para-hydroxylation sites is 1. The van der Waals surface area contributed by atoms with Gasteiger partial charge in [-0.3, -0.25) is 0 Å². The van der Waals surface area contributed by atoms with Crippen molar-refractivity contribution in [3.05, 3.63) is 75.8 Å². The molecule has 1 heteroatoms. The number of benzene rings is 3. The van der Waals surface area contributed by atoms with E-state index < -0.39 is 0 Å². The molecule has 0 aliphatic heterocycles. The molecule has 1 aromatic heterocycles. The smallest absolute Gasteiger partial charge is 0.0753 e. The van der Waals surface area contributed by atoms with E-state index in [1.807, 2.05) is 0 Å². The van der Waals surface area contributed by atoms with E-state index in [4.69, 9.17) is 4.98 Å². The Hall–Kier alpha value is -2.67. The van der Waals surface area contributed by atoms with Gasteiger partial charge in [0, 0.05) is 16.4 Å². The standard InChI is InChI=1S/C29H31N/c1-16-13-20-15-23-25(19(4)22(20)14-17(16)2)28(5,6)29(7,8)26-18(3)21-11-9-10-12-24(21)30-27(23)26/h9-15H,1-8H3. The molecule has 0 spiro atoms. The van der Waals surface area contributed by atoms with Crippen LogP contribution in [0.3, 0.4) is 0 Å². The van der Waals surface area contributed by atoms with Crippen molar-refractivity contribution in [3.63, 3.8) is 0 Å². The predicted octanol–water partition coefficient (Wildman–Crippen LogP) is 7.86. The molecule has 3 aromatic carbocycles. The monoisotopic (exact) mass is 393 g/mol. The van der Waals surface area contributed by atoms with Crippen LogP contribution in [0.15, 0.2) is 42.5 Å². The summed E-state index contributed by atoms with van der Waals surface area (Å²) in [6.45, 7) is 18.7. The quantitative estimate of drug-likeness (QED) is 0.296. The van der Waals surface area contributed by atoms with Crippen molar-refractivity contribution in [2.75, 3.05) is 0 Å². The lowest BCUT2D eigenvalue weighted by molar-refractivity contribution is 0.296. The normalized spacial score (nSPS) is 16.5. The fraction of sp³-hybridized carbons (Fsp3) is 0.345.